The minimum Gasteiger partial charge on any atom is -0.255 e. The van der Waals surface area contributed by atoms with Gasteiger partial charge in [-0.15, -0.1) is 0 Å². The van der Waals surface area contributed by atoms with Crippen molar-refractivity contribution in [2.75, 3.05) is 0 Å². The zero-order valence-electron chi connectivity index (χ0n) is 26.2. The van der Waals surface area contributed by atoms with Gasteiger partial charge in [0, 0.05) is 34.6 Å². The first-order valence-electron chi connectivity index (χ1n) is 15.0. The van der Waals surface area contributed by atoms with Crippen LogP contribution in [0.25, 0.3) is 56.7 Å². The van der Waals surface area contributed by atoms with E-state index < -0.39 is 0 Å². The lowest BCUT2D eigenvalue weighted by Gasteiger charge is -2.19. The van der Waals surface area contributed by atoms with Crippen LogP contribution in [0.3, 0.4) is 0 Å². The molecule has 0 bridgehead atoms. The van der Waals surface area contributed by atoms with E-state index in [0.29, 0.717) is 17.5 Å². The summed E-state index contributed by atoms with van der Waals surface area (Å²) >= 11 is 0. The van der Waals surface area contributed by atoms with Crippen molar-refractivity contribution in [3.8, 4) is 56.7 Å². The lowest BCUT2D eigenvalue weighted by atomic mass is 9.86. The predicted molar refractivity (Wildman–Crippen MR) is 180 cm³/mol. The van der Waals surface area contributed by atoms with Crippen LogP contribution in [0.4, 0.5) is 0 Å². The SMILES string of the molecule is CC(C)(C)c1ccc(-c2nc(-c3ccc(-c4ccc(-c5ccccn5)nc4)cc3)nc(-c3ccc(C(C)(C)C)cc3)n2)cc1. The second kappa shape index (κ2) is 11.6. The van der Waals surface area contributed by atoms with Crippen molar-refractivity contribution in [1.82, 2.24) is 24.9 Å². The summed E-state index contributed by atoms with van der Waals surface area (Å²) in [6, 6.07) is 35.3. The molecular weight excluding hydrogens is 538 g/mol. The zero-order chi connectivity index (χ0) is 30.9. The van der Waals surface area contributed by atoms with Gasteiger partial charge in [0.25, 0.3) is 0 Å². The Morgan fingerprint density at radius 3 is 1.18 bits per heavy atom. The molecule has 44 heavy (non-hydrogen) atoms. The molecule has 0 N–H and O–H groups in total. The fourth-order valence-electron chi connectivity index (χ4n) is 5.04. The van der Waals surface area contributed by atoms with Gasteiger partial charge in [-0.05, 0) is 45.7 Å². The lowest BCUT2D eigenvalue weighted by Crippen LogP contribution is -2.10. The van der Waals surface area contributed by atoms with Crippen LogP contribution in [0.5, 0.6) is 0 Å². The van der Waals surface area contributed by atoms with Gasteiger partial charge in [0.2, 0.25) is 0 Å². The number of hydrogen-bond acceptors (Lipinski definition) is 5. The van der Waals surface area contributed by atoms with Crippen LogP contribution in [0, 0.1) is 0 Å². The summed E-state index contributed by atoms with van der Waals surface area (Å²) in [5, 5.41) is 0. The average molecular weight is 576 g/mol. The van der Waals surface area contributed by atoms with Gasteiger partial charge in [0.15, 0.2) is 17.5 Å². The molecule has 0 spiro atoms. The van der Waals surface area contributed by atoms with E-state index in [0.717, 1.165) is 39.2 Å². The molecular formula is C39H37N5. The normalized spacial score (nSPS) is 11.9. The Labute approximate surface area is 260 Å². The largest absolute Gasteiger partial charge is 0.255 e. The van der Waals surface area contributed by atoms with Crippen LogP contribution < -0.4 is 0 Å². The molecule has 6 aromatic rings. The Bertz CT molecular complexity index is 1790. The van der Waals surface area contributed by atoms with E-state index in [1.807, 2.05) is 30.5 Å². The molecule has 3 aromatic carbocycles. The van der Waals surface area contributed by atoms with E-state index in [1.54, 1.807) is 6.20 Å². The van der Waals surface area contributed by atoms with Gasteiger partial charge >= 0.3 is 0 Å². The van der Waals surface area contributed by atoms with Crippen LogP contribution >= 0.6 is 0 Å². The van der Waals surface area contributed by atoms with E-state index in [-0.39, 0.29) is 10.8 Å². The summed E-state index contributed by atoms with van der Waals surface area (Å²) in [6.07, 6.45) is 3.67. The van der Waals surface area contributed by atoms with Crippen molar-refractivity contribution < 1.29 is 0 Å². The molecule has 0 fully saturated rings. The third-order valence-corrected chi connectivity index (χ3v) is 7.82. The molecule has 0 unspecified atom stereocenters. The number of nitrogens with zero attached hydrogens (tertiary/aromatic N) is 5. The van der Waals surface area contributed by atoms with Crippen LogP contribution in [0.1, 0.15) is 52.7 Å². The molecule has 0 saturated heterocycles. The highest BCUT2D eigenvalue weighted by Crippen LogP contribution is 2.30. The Kier molecular flexibility index (Phi) is 7.64. The summed E-state index contributed by atoms with van der Waals surface area (Å²) in [4.78, 5) is 23.9. The number of hydrogen-bond donors (Lipinski definition) is 0. The van der Waals surface area contributed by atoms with Gasteiger partial charge < -0.3 is 0 Å². The molecule has 0 saturated carbocycles. The number of pyridine rings is 2. The number of aromatic nitrogens is 5. The highest BCUT2D eigenvalue weighted by molar-refractivity contribution is 5.71. The summed E-state index contributed by atoms with van der Waals surface area (Å²) < 4.78 is 0. The molecule has 6 rings (SSSR count). The van der Waals surface area contributed by atoms with E-state index in [1.165, 1.54) is 11.1 Å². The fourth-order valence-corrected chi connectivity index (χ4v) is 5.04. The van der Waals surface area contributed by atoms with Gasteiger partial charge in [-0.3, -0.25) is 9.97 Å². The Morgan fingerprint density at radius 2 is 0.795 bits per heavy atom. The monoisotopic (exact) mass is 575 g/mol. The smallest absolute Gasteiger partial charge is 0.164 e. The van der Waals surface area contributed by atoms with Crippen LogP contribution in [0.15, 0.2) is 116 Å². The second-order valence-electron chi connectivity index (χ2n) is 13.2. The first-order chi connectivity index (χ1) is 21.0. The third kappa shape index (κ3) is 6.32. The standard InChI is InChI=1S/C39H37N5/c1-38(2,3)31-19-14-28(15-20-31)36-42-35(43-37(44-36)29-16-21-32(22-17-29)39(4,5)6)27-12-10-26(11-13-27)30-18-23-34(41-25-30)33-9-7-8-24-40-33/h7-25H,1-6H3. The topological polar surface area (TPSA) is 64.5 Å². The highest BCUT2D eigenvalue weighted by Gasteiger charge is 2.17. The van der Waals surface area contributed by atoms with Crippen LogP contribution in [-0.2, 0) is 10.8 Å². The molecule has 5 heteroatoms. The Balaban J connectivity index is 1.36. The zero-order valence-corrected chi connectivity index (χ0v) is 26.2. The summed E-state index contributed by atoms with van der Waals surface area (Å²) in [6.45, 7) is 13.3. The first-order valence-corrected chi connectivity index (χ1v) is 15.0. The average Bonchev–Trinajstić information content (AvgIpc) is 3.04. The fraction of sp³-hybridized carbons (Fsp3) is 0.205. The summed E-state index contributed by atoms with van der Waals surface area (Å²) in [5.74, 6) is 1.95. The molecule has 0 radical (unpaired) electrons. The second-order valence-corrected chi connectivity index (χ2v) is 13.2. The quantitative estimate of drug-likeness (QED) is 0.205. The third-order valence-electron chi connectivity index (χ3n) is 7.82. The van der Waals surface area contributed by atoms with Crippen LogP contribution in [0.2, 0.25) is 0 Å². The van der Waals surface area contributed by atoms with E-state index >= 15 is 0 Å². The van der Waals surface area contributed by atoms with E-state index in [9.17, 15) is 0 Å². The maximum Gasteiger partial charge on any atom is 0.164 e. The van der Waals surface area contributed by atoms with Gasteiger partial charge in [0.1, 0.15) is 0 Å². The maximum absolute atomic E-state index is 4.95. The summed E-state index contributed by atoms with van der Waals surface area (Å²) in [7, 11) is 0. The predicted octanol–water partition coefficient (Wildman–Crippen LogP) is 9.59. The highest BCUT2D eigenvalue weighted by atomic mass is 15.0. The van der Waals surface area contributed by atoms with Gasteiger partial charge in [-0.1, -0.05) is 126 Å². The maximum atomic E-state index is 4.95. The van der Waals surface area contributed by atoms with Crippen molar-refractivity contribution in [3.05, 3.63) is 127 Å². The molecule has 3 aromatic heterocycles. The van der Waals surface area contributed by atoms with Gasteiger partial charge in [-0.25, -0.2) is 15.0 Å². The van der Waals surface area contributed by atoms with Crippen molar-refractivity contribution >= 4 is 0 Å². The molecule has 3 heterocycles. The number of benzene rings is 3. The first kappa shape index (κ1) is 29.1. The molecule has 0 aliphatic carbocycles. The number of rotatable bonds is 5. The van der Waals surface area contributed by atoms with Crippen molar-refractivity contribution in [2.45, 2.75) is 52.4 Å². The van der Waals surface area contributed by atoms with E-state index in [4.69, 9.17) is 15.0 Å². The molecule has 5 nitrogen and oxygen atoms in total. The van der Waals surface area contributed by atoms with Crippen molar-refractivity contribution in [2.24, 2.45) is 0 Å². The minimum atomic E-state index is 0.0682. The Hall–Kier alpha value is -5.03. The minimum absolute atomic E-state index is 0.0682. The molecule has 0 aliphatic rings. The molecule has 0 amide bonds. The molecule has 0 aliphatic heterocycles. The van der Waals surface area contributed by atoms with Gasteiger partial charge in [-0.2, -0.15) is 0 Å². The van der Waals surface area contributed by atoms with Crippen molar-refractivity contribution in [1.29, 1.82) is 0 Å². The lowest BCUT2D eigenvalue weighted by molar-refractivity contribution is 0.590. The van der Waals surface area contributed by atoms with Crippen molar-refractivity contribution in [3.63, 3.8) is 0 Å². The van der Waals surface area contributed by atoms with Crippen LogP contribution in [-0.4, -0.2) is 24.9 Å². The summed E-state index contributed by atoms with van der Waals surface area (Å²) in [5.41, 5.74) is 9.34. The molecule has 218 valence electrons. The Morgan fingerprint density at radius 1 is 0.386 bits per heavy atom. The van der Waals surface area contributed by atoms with E-state index in [2.05, 4.69) is 130 Å². The van der Waals surface area contributed by atoms with Gasteiger partial charge in [0.05, 0.1) is 11.4 Å². The molecule has 0 atom stereocenters.